The number of carbonyl (C=O) groups excluding carboxylic acids is 1. The minimum absolute atomic E-state index is 0.0178. The van der Waals surface area contributed by atoms with Crippen LogP contribution >= 0.6 is 0 Å². The zero-order valence-electron chi connectivity index (χ0n) is 26.7. The molecule has 1 heterocycles. The van der Waals surface area contributed by atoms with E-state index in [4.69, 9.17) is 9.47 Å². The second-order valence-corrected chi connectivity index (χ2v) is 15.8. The Balaban J connectivity index is 1.46. The van der Waals surface area contributed by atoms with Gasteiger partial charge in [-0.05, 0) is 107 Å². The molecule has 0 bridgehead atoms. The maximum Gasteiger partial charge on any atom is 0.187 e. The molecule has 1 saturated heterocycles. The fourth-order valence-corrected chi connectivity index (χ4v) is 9.80. The monoisotopic (exact) mass is 626 g/mol. The van der Waals surface area contributed by atoms with Crippen molar-refractivity contribution in [2.75, 3.05) is 6.61 Å². The van der Waals surface area contributed by atoms with Crippen molar-refractivity contribution in [3.05, 3.63) is 11.6 Å². The molecule has 0 unspecified atom stereocenters. The van der Waals surface area contributed by atoms with E-state index < -0.39 is 77.7 Å². The number of aliphatic hydroxyl groups excluding tert-OH is 5. The Morgan fingerprint density at radius 1 is 0.977 bits per heavy atom. The molecule has 1 aliphatic heterocycles. The van der Waals surface area contributed by atoms with E-state index in [1.807, 2.05) is 6.92 Å². The van der Waals surface area contributed by atoms with E-state index in [2.05, 4.69) is 6.92 Å². The molecular formula is C33H54O11. The Morgan fingerprint density at radius 3 is 2.30 bits per heavy atom. The summed E-state index contributed by atoms with van der Waals surface area (Å²) in [7, 11) is 0. The number of carbonyl (C=O) groups is 1. The third kappa shape index (κ3) is 5.42. The molecule has 5 aliphatic rings. The van der Waals surface area contributed by atoms with Crippen molar-refractivity contribution >= 4 is 5.78 Å². The molecular weight excluding hydrogens is 572 g/mol. The number of allylic oxidation sites excluding steroid dienone is 1. The van der Waals surface area contributed by atoms with Crippen LogP contribution in [0.1, 0.15) is 92.4 Å². The predicted octanol–water partition coefficient (Wildman–Crippen LogP) is 0.707. The van der Waals surface area contributed by atoms with Crippen molar-refractivity contribution in [2.45, 2.75) is 152 Å². The minimum atomic E-state index is -1.67. The Hall–Kier alpha value is -0.990. The Labute approximate surface area is 259 Å². The van der Waals surface area contributed by atoms with Gasteiger partial charge < -0.3 is 50.3 Å². The van der Waals surface area contributed by atoms with Crippen molar-refractivity contribution in [1.29, 1.82) is 0 Å². The summed E-state index contributed by atoms with van der Waals surface area (Å²) in [6.07, 6.45) is -3.30. The molecule has 4 fully saturated rings. The Kier molecular flexibility index (Phi) is 9.06. The van der Waals surface area contributed by atoms with Gasteiger partial charge >= 0.3 is 0 Å². The molecule has 0 aromatic carbocycles. The number of ketones is 1. The highest BCUT2D eigenvalue weighted by Gasteiger charge is 2.69. The fourth-order valence-electron chi connectivity index (χ4n) is 9.80. The minimum Gasteiger partial charge on any atom is -0.394 e. The van der Waals surface area contributed by atoms with E-state index >= 15 is 0 Å². The van der Waals surface area contributed by atoms with Gasteiger partial charge in [0.25, 0.3) is 0 Å². The van der Waals surface area contributed by atoms with Crippen LogP contribution in [0.15, 0.2) is 11.6 Å². The third-order valence-corrected chi connectivity index (χ3v) is 12.6. The summed E-state index contributed by atoms with van der Waals surface area (Å²) < 4.78 is 11.8. The molecule has 4 aliphatic carbocycles. The number of ether oxygens (including phenoxy) is 2. The first-order chi connectivity index (χ1) is 20.3. The van der Waals surface area contributed by atoms with Gasteiger partial charge in [-0.2, -0.15) is 0 Å². The van der Waals surface area contributed by atoms with Crippen molar-refractivity contribution in [2.24, 2.45) is 28.6 Å². The summed E-state index contributed by atoms with van der Waals surface area (Å²) in [6.45, 7) is 8.34. The number of hydrogen-bond donors (Lipinski definition) is 8. The SMILES string of the molecule is CC(C)(O)CC[C@@H](O[C@@H]1O[C@H](CO)[C@@H](O)[C@H](O)[C@H]1O)[C@](C)(O)[C@H]1CC[C@@]2(O)C3=CC(=O)[C@@H]4C[C@@H](O)CC[C@]4(C)[C@H]3CC[C@]12C. The predicted molar refractivity (Wildman–Crippen MR) is 158 cm³/mol. The molecule has 0 aromatic rings. The van der Waals surface area contributed by atoms with E-state index in [9.17, 15) is 45.6 Å². The zero-order chi connectivity index (χ0) is 32.6. The molecule has 8 N–H and O–H groups in total. The average Bonchev–Trinajstić information content (AvgIpc) is 3.23. The molecule has 5 rings (SSSR count). The lowest BCUT2D eigenvalue weighted by molar-refractivity contribution is -0.328. The van der Waals surface area contributed by atoms with Gasteiger partial charge in [0.1, 0.15) is 24.4 Å². The van der Waals surface area contributed by atoms with E-state index in [-0.39, 0.29) is 35.9 Å². The highest BCUT2D eigenvalue weighted by atomic mass is 16.7. The molecule has 252 valence electrons. The zero-order valence-corrected chi connectivity index (χ0v) is 26.7. The summed E-state index contributed by atoms with van der Waals surface area (Å²) in [4.78, 5) is 13.5. The molecule has 0 aromatic heterocycles. The number of hydrogen-bond acceptors (Lipinski definition) is 11. The van der Waals surface area contributed by atoms with Crippen molar-refractivity contribution in [1.82, 2.24) is 0 Å². The molecule has 3 saturated carbocycles. The van der Waals surface area contributed by atoms with Crippen LogP contribution in [0.25, 0.3) is 0 Å². The molecule has 0 amide bonds. The van der Waals surface area contributed by atoms with E-state index in [1.54, 1.807) is 26.8 Å². The maximum atomic E-state index is 13.5. The van der Waals surface area contributed by atoms with Gasteiger partial charge in [-0.25, -0.2) is 0 Å². The molecule has 0 radical (unpaired) electrons. The third-order valence-electron chi connectivity index (χ3n) is 12.6. The average molecular weight is 627 g/mol. The maximum absolute atomic E-state index is 13.5. The van der Waals surface area contributed by atoms with Crippen LogP contribution in [0.4, 0.5) is 0 Å². The van der Waals surface area contributed by atoms with Crippen LogP contribution in [-0.4, -0.2) is 113 Å². The van der Waals surface area contributed by atoms with Crippen molar-refractivity contribution in [3.8, 4) is 0 Å². The van der Waals surface area contributed by atoms with E-state index in [0.717, 1.165) is 12.0 Å². The molecule has 14 atom stereocenters. The topological polar surface area (TPSA) is 197 Å². The summed E-state index contributed by atoms with van der Waals surface area (Å²) in [5.74, 6) is -0.881. The van der Waals surface area contributed by atoms with Crippen LogP contribution in [0, 0.1) is 28.6 Å². The van der Waals surface area contributed by atoms with Crippen LogP contribution in [0.3, 0.4) is 0 Å². The van der Waals surface area contributed by atoms with Gasteiger partial charge in [0.15, 0.2) is 12.1 Å². The Bertz CT molecular complexity index is 1120. The first kappa shape index (κ1) is 34.3. The van der Waals surface area contributed by atoms with Crippen molar-refractivity contribution < 1.29 is 55.1 Å². The van der Waals surface area contributed by atoms with Crippen LogP contribution in [0.5, 0.6) is 0 Å². The molecule has 11 heteroatoms. The second-order valence-electron chi connectivity index (χ2n) is 15.8. The number of fused-ring (bicyclic) bond motifs is 5. The molecule has 44 heavy (non-hydrogen) atoms. The highest BCUT2D eigenvalue weighted by molar-refractivity contribution is 5.95. The largest absolute Gasteiger partial charge is 0.394 e. The summed E-state index contributed by atoms with van der Waals surface area (Å²) in [5.41, 5.74) is -4.57. The molecule has 11 nitrogen and oxygen atoms in total. The summed E-state index contributed by atoms with van der Waals surface area (Å²) >= 11 is 0. The first-order valence-corrected chi connectivity index (χ1v) is 16.4. The van der Waals surface area contributed by atoms with Crippen LogP contribution < -0.4 is 0 Å². The lowest BCUT2D eigenvalue weighted by Gasteiger charge is -2.60. The number of aliphatic hydroxyl groups is 8. The van der Waals surface area contributed by atoms with Gasteiger partial charge in [0.2, 0.25) is 0 Å². The van der Waals surface area contributed by atoms with Crippen LogP contribution in [-0.2, 0) is 14.3 Å². The van der Waals surface area contributed by atoms with E-state index in [1.165, 1.54) is 0 Å². The summed E-state index contributed by atoms with van der Waals surface area (Å²) in [5, 5.41) is 87.0. The number of rotatable bonds is 8. The standard InChI is InChI=1S/C33H54O11/c1-29(2,40)10-9-24(44-28-27(39)26(38)25(37)22(16-34)43-28)32(5,41)23-8-13-33(42)19-15-21(36)20-14-17(35)6-11-30(20,3)18(19)7-12-31(23,33)4/h15,17-18,20,22-28,34-35,37-42H,6-14,16H2,1-5H3/t17-,18-,20-,22+,23-,24+,25+,26-,27+,28-,30+,31+,32+,33+/m0/s1. The highest BCUT2D eigenvalue weighted by Crippen LogP contribution is 2.68. The van der Waals surface area contributed by atoms with Gasteiger partial charge in [0, 0.05) is 11.3 Å². The first-order valence-electron chi connectivity index (χ1n) is 16.4. The van der Waals surface area contributed by atoms with Gasteiger partial charge in [-0.15, -0.1) is 0 Å². The van der Waals surface area contributed by atoms with Crippen LogP contribution in [0.2, 0.25) is 0 Å². The second kappa shape index (κ2) is 11.6. The lowest BCUT2D eigenvalue weighted by atomic mass is 9.46. The molecule has 0 spiro atoms. The lowest BCUT2D eigenvalue weighted by Crippen LogP contribution is -2.64. The summed E-state index contributed by atoms with van der Waals surface area (Å²) in [6, 6.07) is 0. The smallest absolute Gasteiger partial charge is 0.187 e. The van der Waals surface area contributed by atoms with Crippen molar-refractivity contribution in [3.63, 3.8) is 0 Å². The van der Waals surface area contributed by atoms with Gasteiger partial charge in [-0.1, -0.05) is 13.8 Å². The van der Waals surface area contributed by atoms with E-state index in [0.29, 0.717) is 38.5 Å². The Morgan fingerprint density at radius 2 is 1.66 bits per heavy atom. The van der Waals surface area contributed by atoms with Gasteiger partial charge in [0.05, 0.1) is 35.6 Å². The quantitative estimate of drug-likeness (QED) is 0.189. The fraction of sp³-hybridized carbons (Fsp3) is 0.909. The normalized spacial score (nSPS) is 48.1. The van der Waals surface area contributed by atoms with Gasteiger partial charge in [-0.3, -0.25) is 4.79 Å².